The SMILES string of the molecule is COc1cc(C2Cc3cccnc3-c3[nH]c4ncccc4c32)cc(OC)c1OC. The lowest BCUT2D eigenvalue weighted by atomic mass is 9.79. The van der Waals surface area contributed by atoms with E-state index in [-0.39, 0.29) is 5.92 Å². The van der Waals surface area contributed by atoms with Gasteiger partial charge in [0.05, 0.1) is 32.7 Å². The van der Waals surface area contributed by atoms with Crippen LogP contribution in [0.2, 0.25) is 0 Å². The maximum absolute atomic E-state index is 5.60. The lowest BCUT2D eigenvalue weighted by molar-refractivity contribution is 0.323. The number of nitrogens with zero attached hydrogens (tertiary/aromatic N) is 2. The molecule has 0 spiro atoms. The second-order valence-corrected chi connectivity index (χ2v) is 7.04. The lowest BCUT2D eigenvalue weighted by Gasteiger charge is -2.26. The van der Waals surface area contributed by atoms with E-state index in [2.05, 4.69) is 27.1 Å². The summed E-state index contributed by atoms with van der Waals surface area (Å²) in [5.74, 6) is 2.00. The van der Waals surface area contributed by atoms with Crippen LogP contribution in [0.3, 0.4) is 0 Å². The van der Waals surface area contributed by atoms with Gasteiger partial charge < -0.3 is 19.2 Å². The van der Waals surface area contributed by atoms with Crippen molar-refractivity contribution in [3.63, 3.8) is 0 Å². The summed E-state index contributed by atoms with van der Waals surface area (Å²) < 4.78 is 16.7. The minimum atomic E-state index is 0.105. The van der Waals surface area contributed by atoms with Gasteiger partial charge in [0.15, 0.2) is 11.5 Å². The topological polar surface area (TPSA) is 69.3 Å². The Bertz CT molecular complexity index is 1190. The molecule has 1 N–H and O–H groups in total. The zero-order valence-corrected chi connectivity index (χ0v) is 16.5. The van der Waals surface area contributed by atoms with Gasteiger partial charge in [0, 0.05) is 23.7 Å². The summed E-state index contributed by atoms with van der Waals surface area (Å²) in [5.41, 5.74) is 6.39. The molecule has 0 aliphatic heterocycles. The fourth-order valence-electron chi connectivity index (χ4n) is 4.33. The highest BCUT2D eigenvalue weighted by Crippen LogP contribution is 2.48. The third kappa shape index (κ3) is 2.63. The maximum Gasteiger partial charge on any atom is 0.203 e. The van der Waals surface area contributed by atoms with Gasteiger partial charge in [0.2, 0.25) is 5.75 Å². The number of rotatable bonds is 4. The molecule has 3 aromatic heterocycles. The summed E-state index contributed by atoms with van der Waals surface area (Å²) in [6.45, 7) is 0. The van der Waals surface area contributed by atoms with Gasteiger partial charge in [-0.25, -0.2) is 4.98 Å². The fraction of sp³-hybridized carbons (Fsp3) is 0.217. The van der Waals surface area contributed by atoms with Crippen LogP contribution >= 0.6 is 0 Å². The molecular weight excluding hydrogens is 366 g/mol. The third-order valence-electron chi connectivity index (χ3n) is 5.60. The van der Waals surface area contributed by atoms with E-state index in [9.17, 15) is 0 Å². The van der Waals surface area contributed by atoms with Crippen LogP contribution in [0.5, 0.6) is 17.2 Å². The van der Waals surface area contributed by atoms with Crippen molar-refractivity contribution in [3.8, 4) is 28.6 Å². The van der Waals surface area contributed by atoms with Gasteiger partial charge in [-0.2, -0.15) is 0 Å². The Hall–Kier alpha value is -3.54. The van der Waals surface area contributed by atoms with Crippen molar-refractivity contribution in [1.82, 2.24) is 15.0 Å². The first-order valence-electron chi connectivity index (χ1n) is 9.46. The van der Waals surface area contributed by atoms with E-state index in [0.717, 1.165) is 34.4 Å². The first-order chi connectivity index (χ1) is 14.2. The van der Waals surface area contributed by atoms with Crippen molar-refractivity contribution >= 4 is 11.0 Å². The van der Waals surface area contributed by atoms with Crippen LogP contribution in [0.25, 0.3) is 22.4 Å². The zero-order chi connectivity index (χ0) is 20.0. The summed E-state index contributed by atoms with van der Waals surface area (Å²) in [4.78, 5) is 12.7. The molecule has 5 rings (SSSR count). The van der Waals surface area contributed by atoms with Crippen LogP contribution in [0, 0.1) is 0 Å². The molecule has 1 aliphatic carbocycles. The van der Waals surface area contributed by atoms with Crippen molar-refractivity contribution in [3.05, 3.63) is 65.5 Å². The van der Waals surface area contributed by atoms with Crippen LogP contribution in [0.15, 0.2) is 48.8 Å². The highest BCUT2D eigenvalue weighted by Gasteiger charge is 2.32. The molecular formula is C23H21N3O3. The summed E-state index contributed by atoms with van der Waals surface area (Å²) >= 11 is 0. The monoisotopic (exact) mass is 387 g/mol. The van der Waals surface area contributed by atoms with Crippen LogP contribution in [0.4, 0.5) is 0 Å². The summed E-state index contributed by atoms with van der Waals surface area (Å²) in [6, 6.07) is 12.3. The Morgan fingerprint density at radius 3 is 2.38 bits per heavy atom. The molecule has 6 nitrogen and oxygen atoms in total. The van der Waals surface area contributed by atoms with E-state index in [1.165, 1.54) is 11.1 Å². The van der Waals surface area contributed by atoms with Crippen molar-refractivity contribution in [2.75, 3.05) is 21.3 Å². The second-order valence-electron chi connectivity index (χ2n) is 7.04. The largest absolute Gasteiger partial charge is 0.493 e. The summed E-state index contributed by atoms with van der Waals surface area (Å²) in [6.07, 6.45) is 4.47. The zero-order valence-electron chi connectivity index (χ0n) is 16.5. The minimum absolute atomic E-state index is 0.105. The molecule has 0 saturated heterocycles. The Morgan fingerprint density at radius 2 is 1.66 bits per heavy atom. The van der Waals surface area contributed by atoms with Crippen molar-refractivity contribution in [2.45, 2.75) is 12.3 Å². The maximum atomic E-state index is 5.60. The van der Waals surface area contributed by atoms with E-state index in [0.29, 0.717) is 17.2 Å². The predicted octanol–water partition coefficient (Wildman–Crippen LogP) is 4.34. The number of aromatic nitrogens is 3. The number of benzene rings is 1. The van der Waals surface area contributed by atoms with Crippen molar-refractivity contribution in [2.24, 2.45) is 0 Å². The Morgan fingerprint density at radius 1 is 0.931 bits per heavy atom. The minimum Gasteiger partial charge on any atom is -0.493 e. The van der Waals surface area contributed by atoms with Crippen LogP contribution in [-0.2, 0) is 6.42 Å². The van der Waals surface area contributed by atoms with Gasteiger partial charge in [-0.05, 0) is 53.4 Å². The molecule has 29 heavy (non-hydrogen) atoms. The number of H-pyrrole nitrogens is 1. The molecule has 4 aromatic rings. The number of hydrogen-bond acceptors (Lipinski definition) is 5. The van der Waals surface area contributed by atoms with E-state index >= 15 is 0 Å². The van der Waals surface area contributed by atoms with E-state index in [1.807, 2.05) is 30.5 Å². The standard InChI is InChI=1S/C23H21N3O3/c1-27-17-11-14(12-18(28-2)22(17)29-3)16-10-13-6-4-8-24-20(13)21-19(16)15-7-5-9-25-23(15)26-21/h4-9,11-12,16H,10H2,1-3H3,(H,25,26). The molecule has 6 heteroatoms. The molecule has 0 amide bonds. The van der Waals surface area contributed by atoms with Crippen molar-refractivity contribution in [1.29, 1.82) is 0 Å². The van der Waals surface area contributed by atoms with E-state index in [4.69, 9.17) is 14.2 Å². The Labute approximate surface area is 168 Å². The highest BCUT2D eigenvalue weighted by atomic mass is 16.5. The summed E-state index contributed by atoms with van der Waals surface area (Å²) in [5, 5.41) is 1.11. The number of nitrogens with one attached hydrogen (secondary N) is 1. The second kappa shape index (κ2) is 6.81. The number of ether oxygens (including phenoxy) is 3. The van der Waals surface area contributed by atoms with Crippen molar-refractivity contribution < 1.29 is 14.2 Å². The predicted molar refractivity (Wildman–Crippen MR) is 111 cm³/mol. The van der Waals surface area contributed by atoms with Crippen LogP contribution in [0.1, 0.15) is 22.6 Å². The van der Waals surface area contributed by atoms with Gasteiger partial charge in [-0.3, -0.25) is 4.98 Å². The van der Waals surface area contributed by atoms with E-state index in [1.54, 1.807) is 27.5 Å². The Kier molecular flexibility index (Phi) is 4.12. The molecule has 1 unspecified atom stereocenters. The molecule has 1 aromatic carbocycles. The number of pyridine rings is 2. The molecule has 1 aliphatic rings. The number of hydrogen-bond donors (Lipinski definition) is 1. The number of aromatic amines is 1. The van der Waals surface area contributed by atoms with Gasteiger partial charge in [0.1, 0.15) is 5.65 Å². The molecule has 146 valence electrons. The highest BCUT2D eigenvalue weighted by molar-refractivity contribution is 5.90. The normalized spacial score (nSPS) is 14.9. The lowest BCUT2D eigenvalue weighted by Crippen LogP contribution is -2.13. The number of methoxy groups -OCH3 is 3. The van der Waals surface area contributed by atoms with Gasteiger partial charge in [-0.15, -0.1) is 0 Å². The molecule has 0 bridgehead atoms. The van der Waals surface area contributed by atoms with Gasteiger partial charge in [-0.1, -0.05) is 6.07 Å². The first kappa shape index (κ1) is 17.6. The quantitative estimate of drug-likeness (QED) is 0.564. The van der Waals surface area contributed by atoms with Gasteiger partial charge >= 0.3 is 0 Å². The third-order valence-corrected chi connectivity index (χ3v) is 5.60. The molecule has 0 radical (unpaired) electrons. The summed E-state index contributed by atoms with van der Waals surface area (Å²) in [7, 11) is 4.90. The van der Waals surface area contributed by atoms with Gasteiger partial charge in [0.25, 0.3) is 0 Å². The average Bonchev–Trinajstić information content (AvgIpc) is 3.17. The molecule has 0 saturated carbocycles. The van der Waals surface area contributed by atoms with Crippen LogP contribution in [-0.4, -0.2) is 36.3 Å². The Balaban J connectivity index is 1.78. The molecule has 3 heterocycles. The fourth-order valence-corrected chi connectivity index (χ4v) is 4.33. The van der Waals surface area contributed by atoms with Crippen LogP contribution < -0.4 is 14.2 Å². The first-order valence-corrected chi connectivity index (χ1v) is 9.46. The molecule has 0 fully saturated rings. The molecule has 1 atom stereocenters. The van der Waals surface area contributed by atoms with E-state index < -0.39 is 0 Å². The smallest absolute Gasteiger partial charge is 0.203 e. The number of fused-ring (bicyclic) bond motifs is 5. The average molecular weight is 387 g/mol.